The van der Waals surface area contributed by atoms with Crippen LogP contribution in [0.3, 0.4) is 0 Å². The van der Waals surface area contributed by atoms with Crippen LogP contribution in [0.5, 0.6) is 0 Å². The Bertz CT molecular complexity index is 397. The van der Waals surface area contributed by atoms with Gasteiger partial charge in [0.05, 0.1) is 5.71 Å². The highest BCUT2D eigenvalue weighted by Crippen LogP contribution is 2.01. The quantitative estimate of drug-likeness (QED) is 0.506. The minimum absolute atomic E-state index is 0.674. The van der Waals surface area contributed by atoms with Crippen molar-refractivity contribution in [3.63, 3.8) is 0 Å². The number of hydrogen-bond acceptors (Lipinski definition) is 3. The van der Waals surface area contributed by atoms with Gasteiger partial charge in [-0.25, -0.2) is 0 Å². The SMILES string of the molecule is CSC(=S)N/N=C(C)\C=C/c1ccccc1. The van der Waals surface area contributed by atoms with Crippen molar-refractivity contribution in [1.29, 1.82) is 0 Å². The zero-order valence-corrected chi connectivity index (χ0v) is 10.9. The maximum Gasteiger partial charge on any atom is 0.153 e. The van der Waals surface area contributed by atoms with Crippen molar-refractivity contribution >= 4 is 40.1 Å². The third-order valence-electron chi connectivity index (χ3n) is 1.83. The van der Waals surface area contributed by atoms with Crippen LogP contribution in [0.15, 0.2) is 41.5 Å². The first-order valence-electron chi connectivity index (χ1n) is 4.84. The summed E-state index contributed by atoms with van der Waals surface area (Å²) in [4.78, 5) is 0. The highest BCUT2D eigenvalue weighted by Gasteiger charge is 1.89. The molecule has 0 atom stereocenters. The van der Waals surface area contributed by atoms with E-state index in [0.717, 1.165) is 11.3 Å². The number of rotatable bonds is 3. The number of nitrogens with one attached hydrogen (secondary N) is 1. The largest absolute Gasteiger partial charge is 0.262 e. The summed E-state index contributed by atoms with van der Waals surface area (Å²) in [5.74, 6) is 0. The van der Waals surface area contributed by atoms with Gasteiger partial charge < -0.3 is 0 Å². The highest BCUT2D eigenvalue weighted by molar-refractivity contribution is 8.22. The molecule has 4 heteroatoms. The van der Waals surface area contributed by atoms with E-state index in [0.29, 0.717) is 4.32 Å². The Morgan fingerprint density at radius 1 is 1.38 bits per heavy atom. The van der Waals surface area contributed by atoms with Gasteiger partial charge in [-0.2, -0.15) is 5.10 Å². The molecule has 1 N–H and O–H groups in total. The Kier molecular flexibility index (Phi) is 5.82. The summed E-state index contributed by atoms with van der Waals surface area (Å²) in [6, 6.07) is 10.1. The number of nitrogens with zero attached hydrogens (tertiary/aromatic N) is 1. The Morgan fingerprint density at radius 3 is 2.69 bits per heavy atom. The van der Waals surface area contributed by atoms with E-state index < -0.39 is 0 Å². The van der Waals surface area contributed by atoms with Gasteiger partial charge in [0.25, 0.3) is 0 Å². The van der Waals surface area contributed by atoms with Crippen LogP contribution in [0.25, 0.3) is 6.08 Å². The van der Waals surface area contributed by atoms with Gasteiger partial charge in [-0.05, 0) is 24.8 Å². The fraction of sp³-hybridized carbons (Fsp3) is 0.167. The lowest BCUT2D eigenvalue weighted by Gasteiger charge is -1.98. The summed E-state index contributed by atoms with van der Waals surface area (Å²) in [7, 11) is 0. The molecule has 0 saturated carbocycles. The van der Waals surface area contributed by atoms with Crippen LogP contribution in [-0.2, 0) is 0 Å². The van der Waals surface area contributed by atoms with E-state index in [1.165, 1.54) is 11.8 Å². The lowest BCUT2D eigenvalue weighted by molar-refractivity contribution is 1.06. The molecule has 0 aliphatic rings. The van der Waals surface area contributed by atoms with Crippen molar-refractivity contribution in [2.75, 3.05) is 6.26 Å². The number of hydrogen-bond donors (Lipinski definition) is 1. The van der Waals surface area contributed by atoms with Gasteiger partial charge in [0.2, 0.25) is 0 Å². The van der Waals surface area contributed by atoms with Gasteiger partial charge in [0.1, 0.15) is 0 Å². The molecule has 0 heterocycles. The predicted molar refractivity (Wildman–Crippen MR) is 77.8 cm³/mol. The maximum atomic E-state index is 4.97. The summed E-state index contributed by atoms with van der Waals surface area (Å²) in [6.45, 7) is 1.93. The third kappa shape index (κ3) is 5.09. The molecule has 1 rings (SSSR count). The molecule has 0 fully saturated rings. The summed E-state index contributed by atoms with van der Waals surface area (Å²) in [5.41, 5.74) is 4.85. The lowest BCUT2D eigenvalue weighted by atomic mass is 10.2. The van der Waals surface area contributed by atoms with Crippen LogP contribution >= 0.6 is 24.0 Å². The van der Waals surface area contributed by atoms with Crippen LogP contribution in [0, 0.1) is 0 Å². The zero-order chi connectivity index (χ0) is 11.8. The Balaban J connectivity index is 2.54. The van der Waals surface area contributed by atoms with Crippen LogP contribution in [-0.4, -0.2) is 16.3 Å². The summed E-state index contributed by atoms with van der Waals surface area (Å²) >= 11 is 6.44. The van der Waals surface area contributed by atoms with E-state index in [2.05, 4.69) is 10.5 Å². The van der Waals surface area contributed by atoms with Crippen LogP contribution in [0.1, 0.15) is 12.5 Å². The molecule has 84 valence electrons. The fourth-order valence-electron chi connectivity index (χ4n) is 0.998. The first-order chi connectivity index (χ1) is 7.72. The van der Waals surface area contributed by atoms with Crippen LogP contribution in [0.4, 0.5) is 0 Å². The van der Waals surface area contributed by atoms with Gasteiger partial charge in [-0.1, -0.05) is 60.4 Å². The summed E-state index contributed by atoms with van der Waals surface area (Å²) in [5, 5.41) is 4.13. The molecule has 0 bridgehead atoms. The smallest absolute Gasteiger partial charge is 0.153 e. The number of benzene rings is 1. The number of thioether (sulfide) groups is 1. The first-order valence-corrected chi connectivity index (χ1v) is 6.47. The summed E-state index contributed by atoms with van der Waals surface area (Å²) < 4.78 is 0.674. The second kappa shape index (κ2) is 7.19. The molecule has 16 heavy (non-hydrogen) atoms. The molecular formula is C12H14N2S2. The van der Waals surface area contributed by atoms with Crippen LogP contribution in [0.2, 0.25) is 0 Å². The molecule has 0 radical (unpaired) electrons. The van der Waals surface area contributed by atoms with E-state index in [9.17, 15) is 0 Å². The lowest BCUT2D eigenvalue weighted by Crippen LogP contribution is -2.11. The van der Waals surface area contributed by atoms with Gasteiger partial charge >= 0.3 is 0 Å². The number of thiocarbonyl (C=S) groups is 1. The second-order valence-electron chi connectivity index (χ2n) is 3.10. The van der Waals surface area contributed by atoms with Crippen molar-refractivity contribution in [2.45, 2.75) is 6.92 Å². The van der Waals surface area contributed by atoms with E-state index in [1.54, 1.807) is 0 Å². The predicted octanol–water partition coefficient (Wildman–Crippen LogP) is 3.31. The average Bonchev–Trinajstić information content (AvgIpc) is 2.34. The molecule has 2 nitrogen and oxygen atoms in total. The van der Waals surface area contributed by atoms with Gasteiger partial charge in [0, 0.05) is 0 Å². The minimum Gasteiger partial charge on any atom is -0.262 e. The normalized spacial score (nSPS) is 11.8. The first kappa shape index (κ1) is 12.9. The topological polar surface area (TPSA) is 24.4 Å². The van der Waals surface area contributed by atoms with Crippen molar-refractivity contribution < 1.29 is 0 Å². The standard InChI is InChI=1S/C12H14N2S2/c1-10(13-14-12(15)16-2)8-9-11-6-4-3-5-7-11/h3-9H,1-2H3,(H,14,15)/b9-8-,13-10-. The summed E-state index contributed by atoms with van der Waals surface area (Å²) in [6.07, 6.45) is 5.88. The highest BCUT2D eigenvalue weighted by atomic mass is 32.2. The molecule has 1 aromatic carbocycles. The Labute approximate surface area is 106 Å². The molecule has 0 amide bonds. The van der Waals surface area contributed by atoms with Crippen molar-refractivity contribution in [3.05, 3.63) is 42.0 Å². The fourth-order valence-corrected chi connectivity index (χ4v) is 1.18. The van der Waals surface area contributed by atoms with Gasteiger partial charge in [-0.3, -0.25) is 5.43 Å². The minimum atomic E-state index is 0.674. The third-order valence-corrected chi connectivity index (χ3v) is 2.88. The molecule has 1 aromatic rings. The Morgan fingerprint density at radius 2 is 2.06 bits per heavy atom. The van der Waals surface area contributed by atoms with Gasteiger partial charge in [-0.15, -0.1) is 0 Å². The second-order valence-corrected chi connectivity index (χ2v) is 4.58. The number of allylic oxidation sites excluding steroid dienone is 1. The van der Waals surface area contributed by atoms with Crippen molar-refractivity contribution in [3.8, 4) is 0 Å². The molecule has 0 spiro atoms. The molecule has 0 saturated heterocycles. The van der Waals surface area contributed by atoms with Crippen molar-refractivity contribution in [1.82, 2.24) is 5.43 Å². The average molecular weight is 250 g/mol. The molecule has 0 aromatic heterocycles. The van der Waals surface area contributed by atoms with Gasteiger partial charge in [0.15, 0.2) is 4.32 Å². The van der Waals surface area contributed by atoms with Crippen molar-refractivity contribution in [2.24, 2.45) is 5.10 Å². The zero-order valence-electron chi connectivity index (χ0n) is 9.31. The molecular weight excluding hydrogens is 236 g/mol. The van der Waals surface area contributed by atoms with E-state index in [1.807, 2.05) is 55.7 Å². The maximum absolute atomic E-state index is 4.97. The molecule has 0 aliphatic carbocycles. The van der Waals surface area contributed by atoms with E-state index in [-0.39, 0.29) is 0 Å². The number of hydrazone groups is 1. The van der Waals surface area contributed by atoms with E-state index >= 15 is 0 Å². The van der Waals surface area contributed by atoms with Crippen LogP contribution < -0.4 is 5.43 Å². The Hall–Kier alpha value is -1.13. The molecule has 0 aliphatic heterocycles. The monoisotopic (exact) mass is 250 g/mol. The van der Waals surface area contributed by atoms with E-state index in [4.69, 9.17) is 12.2 Å². The molecule has 0 unspecified atom stereocenters.